The van der Waals surface area contributed by atoms with Crippen molar-refractivity contribution in [3.63, 3.8) is 0 Å². The van der Waals surface area contributed by atoms with Crippen LogP contribution in [0.5, 0.6) is 0 Å². The van der Waals surface area contributed by atoms with E-state index in [9.17, 15) is 32.8 Å². The second kappa shape index (κ2) is 12.2. The Morgan fingerprint density at radius 2 is 1.70 bits per heavy atom. The van der Waals surface area contributed by atoms with E-state index in [2.05, 4.69) is 15.6 Å². The number of pyridine rings is 1. The number of aromatic nitrogens is 1. The average molecular weight is 606 g/mol. The van der Waals surface area contributed by atoms with Gasteiger partial charge in [0.1, 0.15) is 11.7 Å². The van der Waals surface area contributed by atoms with E-state index in [4.69, 9.17) is 10.2 Å². The van der Waals surface area contributed by atoms with Crippen LogP contribution in [0.15, 0.2) is 59.0 Å². The minimum Gasteiger partial charge on any atom is -0.437 e. The van der Waals surface area contributed by atoms with Gasteiger partial charge in [-0.2, -0.15) is 18.4 Å². The smallest absolute Gasteiger partial charge is 0.389 e. The van der Waals surface area contributed by atoms with Crippen LogP contribution < -0.4 is 16.4 Å². The highest BCUT2D eigenvalue weighted by molar-refractivity contribution is 6.11. The number of nitrogens with one attached hydrogen (secondary N) is 2. The van der Waals surface area contributed by atoms with Crippen LogP contribution >= 0.6 is 0 Å². The van der Waals surface area contributed by atoms with Crippen LogP contribution in [0.3, 0.4) is 0 Å². The number of primary amides is 1. The van der Waals surface area contributed by atoms with Crippen LogP contribution in [0.4, 0.5) is 13.2 Å². The summed E-state index contributed by atoms with van der Waals surface area (Å²) in [6.45, 7) is 5.48. The number of rotatable bonds is 8. The molecule has 12 heteroatoms. The molecule has 0 fully saturated rings. The Morgan fingerprint density at radius 3 is 2.27 bits per heavy atom. The number of hydrogen-bond donors (Lipinski definition) is 3. The van der Waals surface area contributed by atoms with Crippen LogP contribution in [-0.2, 0) is 11.2 Å². The van der Waals surface area contributed by atoms with Gasteiger partial charge in [0.2, 0.25) is 11.6 Å². The third-order valence-corrected chi connectivity index (χ3v) is 6.71. The predicted octanol–water partition coefficient (Wildman–Crippen LogP) is 5.64. The molecule has 0 aliphatic rings. The Kier molecular flexibility index (Phi) is 8.81. The molecule has 4 aromatic rings. The van der Waals surface area contributed by atoms with E-state index in [1.165, 1.54) is 31.3 Å². The first-order valence-corrected chi connectivity index (χ1v) is 13.6. The van der Waals surface area contributed by atoms with Crippen molar-refractivity contribution in [2.45, 2.75) is 51.2 Å². The van der Waals surface area contributed by atoms with E-state index < -0.39 is 42.3 Å². The van der Waals surface area contributed by atoms with Gasteiger partial charge >= 0.3 is 6.18 Å². The van der Waals surface area contributed by atoms with Gasteiger partial charge in [-0.25, -0.2) is 4.98 Å². The molecule has 2 aromatic carbocycles. The topological polar surface area (TPSA) is 151 Å². The number of carbonyl (C=O) groups excluding carboxylic acids is 3. The first-order chi connectivity index (χ1) is 20.6. The van der Waals surface area contributed by atoms with Crippen molar-refractivity contribution in [2.24, 2.45) is 5.73 Å². The van der Waals surface area contributed by atoms with Crippen LogP contribution in [0.1, 0.15) is 65.1 Å². The Bertz CT molecular complexity index is 1780. The minimum absolute atomic E-state index is 0.0581. The Balaban J connectivity index is 1.92. The molecule has 0 saturated carbocycles. The molecule has 2 aromatic heterocycles. The molecule has 44 heavy (non-hydrogen) atoms. The van der Waals surface area contributed by atoms with E-state index in [-0.39, 0.29) is 34.0 Å². The molecule has 0 bridgehead atoms. The van der Waals surface area contributed by atoms with Crippen molar-refractivity contribution < 1.29 is 32.0 Å². The average Bonchev–Trinajstić information content (AvgIpc) is 3.33. The monoisotopic (exact) mass is 605 g/mol. The molecule has 228 valence electrons. The summed E-state index contributed by atoms with van der Waals surface area (Å²) in [6.07, 6.45) is -6.09. The van der Waals surface area contributed by atoms with Gasteiger partial charge < -0.3 is 20.8 Å². The third-order valence-electron chi connectivity index (χ3n) is 6.71. The number of alkyl halides is 3. The summed E-state index contributed by atoms with van der Waals surface area (Å²) in [5.41, 5.74) is 6.65. The van der Waals surface area contributed by atoms with Crippen molar-refractivity contribution in [3.8, 4) is 28.5 Å². The summed E-state index contributed by atoms with van der Waals surface area (Å²) < 4.78 is 45.9. The number of furan rings is 1. The molecule has 1 atom stereocenters. The molecule has 3 amide bonds. The lowest BCUT2D eigenvalue weighted by molar-refractivity contribution is -0.134. The van der Waals surface area contributed by atoms with Gasteiger partial charge in [-0.1, -0.05) is 36.4 Å². The Hall–Kier alpha value is -5.18. The highest BCUT2D eigenvalue weighted by Crippen LogP contribution is 2.38. The Labute approximate surface area is 251 Å². The molecule has 0 radical (unpaired) electrons. The number of fused-ring (bicyclic) bond motifs is 1. The van der Waals surface area contributed by atoms with Gasteiger partial charge in [0.15, 0.2) is 0 Å². The van der Waals surface area contributed by atoms with E-state index in [0.29, 0.717) is 27.8 Å². The van der Waals surface area contributed by atoms with Crippen LogP contribution in [-0.4, -0.2) is 41.5 Å². The van der Waals surface area contributed by atoms with E-state index in [1.807, 2.05) is 26.8 Å². The van der Waals surface area contributed by atoms with Gasteiger partial charge in [-0.05, 0) is 56.5 Å². The highest BCUT2D eigenvalue weighted by atomic mass is 19.4. The summed E-state index contributed by atoms with van der Waals surface area (Å²) in [6, 6.07) is 15.9. The first-order valence-electron chi connectivity index (χ1n) is 13.6. The largest absolute Gasteiger partial charge is 0.437 e. The minimum atomic E-state index is -4.46. The zero-order valence-corrected chi connectivity index (χ0v) is 24.4. The van der Waals surface area contributed by atoms with Gasteiger partial charge in [0.25, 0.3) is 11.8 Å². The number of aryl methyl sites for hydroxylation is 1. The number of nitriles is 1. The summed E-state index contributed by atoms with van der Waals surface area (Å²) in [5, 5.41) is 15.0. The number of nitrogens with two attached hydrogens (primary N) is 1. The number of nitrogens with zero attached hydrogens (tertiary/aromatic N) is 2. The second-order valence-corrected chi connectivity index (χ2v) is 11.2. The van der Waals surface area contributed by atoms with Gasteiger partial charge in [0.05, 0.1) is 22.7 Å². The molecule has 0 aliphatic carbocycles. The van der Waals surface area contributed by atoms with Crippen molar-refractivity contribution in [1.29, 1.82) is 5.26 Å². The lowest BCUT2D eigenvalue weighted by Gasteiger charge is -2.20. The molecule has 4 rings (SSSR count). The third kappa shape index (κ3) is 7.06. The molecular formula is C32H30F3N5O4. The zero-order valence-electron chi connectivity index (χ0n) is 24.4. The summed E-state index contributed by atoms with van der Waals surface area (Å²) in [5.74, 6) is -2.81. The number of halogens is 3. The standard InChI is InChI=1S/C32H30F3N5O4/c1-31(2,3)40-28(42)20-7-5-6-19(14-20)21-15-22-25(29(43)38-4)26(44-30(22)39-24(21)12-13-32(33,34)35)18-10-8-17(9-11-18)23(16-36)27(37)41/h5-11,14-15,23H,12-13H2,1-4H3,(H2,37,41)(H,38,43)(H,40,42). The number of benzene rings is 2. The predicted molar refractivity (Wildman–Crippen MR) is 157 cm³/mol. The van der Waals surface area contributed by atoms with Crippen molar-refractivity contribution >= 4 is 28.8 Å². The lowest BCUT2D eigenvalue weighted by Crippen LogP contribution is -2.40. The summed E-state index contributed by atoms with van der Waals surface area (Å²) >= 11 is 0. The molecular weight excluding hydrogens is 575 g/mol. The van der Waals surface area contributed by atoms with Crippen molar-refractivity contribution in [3.05, 3.63) is 77.0 Å². The van der Waals surface area contributed by atoms with Crippen LogP contribution in [0.25, 0.3) is 33.6 Å². The Morgan fingerprint density at radius 1 is 1.02 bits per heavy atom. The fourth-order valence-electron chi connectivity index (χ4n) is 4.68. The summed E-state index contributed by atoms with van der Waals surface area (Å²) in [4.78, 5) is 42.1. The quantitative estimate of drug-likeness (QED) is 0.237. The molecule has 0 spiro atoms. The molecule has 0 saturated heterocycles. The number of hydrogen-bond acceptors (Lipinski definition) is 6. The van der Waals surface area contributed by atoms with E-state index in [0.717, 1.165) is 0 Å². The normalized spacial score (nSPS) is 12.4. The lowest BCUT2D eigenvalue weighted by atomic mass is 9.95. The molecule has 1 unspecified atom stereocenters. The molecule has 4 N–H and O–H groups in total. The van der Waals surface area contributed by atoms with Crippen molar-refractivity contribution in [1.82, 2.24) is 15.6 Å². The second-order valence-electron chi connectivity index (χ2n) is 11.2. The van der Waals surface area contributed by atoms with Gasteiger partial charge in [-0.15, -0.1) is 0 Å². The fourth-order valence-corrected chi connectivity index (χ4v) is 4.68. The van der Waals surface area contributed by atoms with Gasteiger partial charge in [-0.3, -0.25) is 14.4 Å². The van der Waals surface area contributed by atoms with E-state index >= 15 is 0 Å². The van der Waals surface area contributed by atoms with E-state index in [1.54, 1.807) is 30.3 Å². The van der Waals surface area contributed by atoms with Gasteiger partial charge in [0, 0.05) is 35.7 Å². The van der Waals surface area contributed by atoms with Crippen LogP contribution in [0, 0.1) is 11.3 Å². The maximum atomic E-state index is 13.3. The fraction of sp³-hybridized carbons (Fsp3) is 0.281. The van der Waals surface area contributed by atoms with Crippen LogP contribution in [0.2, 0.25) is 0 Å². The summed E-state index contributed by atoms with van der Waals surface area (Å²) in [7, 11) is 1.42. The first kappa shape index (κ1) is 31.7. The maximum absolute atomic E-state index is 13.3. The SMILES string of the molecule is CNC(=O)c1c(-c2ccc(C(C#N)C(N)=O)cc2)oc2nc(CCC(F)(F)F)c(-c3cccc(C(=O)NC(C)(C)C)c3)cc12. The number of amides is 3. The molecule has 0 aliphatic heterocycles. The zero-order chi connectivity index (χ0) is 32.4. The molecule has 2 heterocycles. The molecule has 9 nitrogen and oxygen atoms in total. The highest BCUT2D eigenvalue weighted by Gasteiger charge is 2.30. The maximum Gasteiger partial charge on any atom is 0.389 e. The van der Waals surface area contributed by atoms with Crippen molar-refractivity contribution in [2.75, 3.05) is 7.05 Å². The number of carbonyl (C=O) groups is 3.